The van der Waals surface area contributed by atoms with Crippen molar-refractivity contribution >= 4 is 0 Å². The first-order valence-electron chi connectivity index (χ1n) is 6.89. The average molecular weight is 242 g/mol. The summed E-state index contributed by atoms with van der Waals surface area (Å²) in [6.07, 6.45) is 6.62. The van der Waals surface area contributed by atoms with Gasteiger partial charge in [0.05, 0.1) is 19.3 Å². The summed E-state index contributed by atoms with van der Waals surface area (Å²) in [6, 6.07) is 0.650. The highest BCUT2D eigenvalue weighted by Gasteiger charge is 2.40. The molecule has 0 spiro atoms. The summed E-state index contributed by atoms with van der Waals surface area (Å²) in [4.78, 5) is 2.45. The fourth-order valence-corrected chi connectivity index (χ4v) is 3.64. The third kappa shape index (κ3) is 2.81. The maximum Gasteiger partial charge on any atom is 0.0629 e. The van der Waals surface area contributed by atoms with Gasteiger partial charge in [0.25, 0.3) is 0 Å². The van der Waals surface area contributed by atoms with Crippen LogP contribution in [0.25, 0.3) is 0 Å². The maximum absolute atomic E-state index is 9.60. The van der Waals surface area contributed by atoms with Crippen LogP contribution in [0.4, 0.5) is 0 Å². The Morgan fingerprint density at radius 1 is 1.35 bits per heavy atom. The number of aliphatic hydroxyl groups is 1. The summed E-state index contributed by atoms with van der Waals surface area (Å²) in [5, 5.41) is 9.60. The first-order valence-corrected chi connectivity index (χ1v) is 6.89. The van der Waals surface area contributed by atoms with E-state index in [2.05, 4.69) is 4.90 Å². The summed E-state index contributed by atoms with van der Waals surface area (Å²) < 4.78 is 5.12. The average Bonchev–Trinajstić information content (AvgIpc) is 2.75. The van der Waals surface area contributed by atoms with Crippen LogP contribution in [0.15, 0.2) is 0 Å². The lowest BCUT2D eigenvalue weighted by Crippen LogP contribution is -2.54. The molecule has 2 rings (SSSR count). The van der Waals surface area contributed by atoms with Gasteiger partial charge in [-0.2, -0.15) is 0 Å². The minimum absolute atomic E-state index is 0.0723. The summed E-state index contributed by atoms with van der Waals surface area (Å²) in [6.45, 7) is 1.77. The van der Waals surface area contributed by atoms with Crippen LogP contribution < -0.4 is 5.73 Å². The third-order valence-electron chi connectivity index (χ3n) is 4.52. The predicted octanol–water partition coefficient (Wildman–Crippen LogP) is 0.586. The van der Waals surface area contributed by atoms with Gasteiger partial charge in [-0.25, -0.2) is 0 Å². The van der Waals surface area contributed by atoms with Gasteiger partial charge in [-0.3, -0.25) is 4.90 Å². The normalized spacial score (nSPS) is 33.4. The summed E-state index contributed by atoms with van der Waals surface area (Å²) in [5.74, 6) is 0.840. The molecule has 100 valence electrons. The molecule has 0 bridgehead atoms. The van der Waals surface area contributed by atoms with E-state index in [1.165, 1.54) is 32.1 Å². The lowest BCUT2D eigenvalue weighted by molar-refractivity contribution is 0.0482. The molecule has 0 aromatic carbocycles. The summed E-state index contributed by atoms with van der Waals surface area (Å²) >= 11 is 0. The molecule has 0 aromatic heterocycles. The molecule has 17 heavy (non-hydrogen) atoms. The van der Waals surface area contributed by atoms with Crippen molar-refractivity contribution in [1.82, 2.24) is 4.90 Å². The smallest absolute Gasteiger partial charge is 0.0629 e. The molecule has 0 amide bonds. The monoisotopic (exact) mass is 242 g/mol. The molecule has 1 heterocycles. The third-order valence-corrected chi connectivity index (χ3v) is 4.52. The fourth-order valence-electron chi connectivity index (χ4n) is 3.64. The molecule has 0 aromatic rings. The van der Waals surface area contributed by atoms with Gasteiger partial charge in [-0.1, -0.05) is 12.8 Å². The fraction of sp³-hybridized carbons (Fsp3) is 1.00. The van der Waals surface area contributed by atoms with Gasteiger partial charge in [0.2, 0.25) is 0 Å². The van der Waals surface area contributed by atoms with E-state index in [0.717, 1.165) is 12.5 Å². The number of nitrogens with zero attached hydrogens (tertiary/aromatic N) is 1. The van der Waals surface area contributed by atoms with Crippen molar-refractivity contribution in [3.63, 3.8) is 0 Å². The number of hydrogen-bond acceptors (Lipinski definition) is 4. The van der Waals surface area contributed by atoms with Crippen molar-refractivity contribution in [3.8, 4) is 0 Å². The molecular weight excluding hydrogens is 216 g/mol. The first-order chi connectivity index (χ1) is 8.27. The molecule has 1 aliphatic heterocycles. The molecule has 4 nitrogen and oxygen atoms in total. The van der Waals surface area contributed by atoms with Crippen LogP contribution in [-0.2, 0) is 4.74 Å². The first kappa shape index (κ1) is 13.3. The van der Waals surface area contributed by atoms with E-state index < -0.39 is 0 Å². The van der Waals surface area contributed by atoms with Crippen molar-refractivity contribution in [3.05, 3.63) is 0 Å². The number of nitrogens with two attached hydrogens (primary N) is 1. The minimum Gasteiger partial charge on any atom is -0.395 e. The molecule has 3 N–H and O–H groups in total. The number of rotatable bonds is 5. The van der Waals surface area contributed by atoms with Crippen LogP contribution in [-0.4, -0.2) is 55.0 Å². The second-order valence-electron chi connectivity index (χ2n) is 5.51. The Morgan fingerprint density at radius 3 is 2.82 bits per heavy atom. The quantitative estimate of drug-likeness (QED) is 0.740. The van der Waals surface area contributed by atoms with Crippen molar-refractivity contribution in [2.45, 2.75) is 50.2 Å². The zero-order valence-corrected chi connectivity index (χ0v) is 10.8. The van der Waals surface area contributed by atoms with Crippen LogP contribution in [0.3, 0.4) is 0 Å². The Bertz CT molecular complexity index is 237. The Labute approximate surface area is 104 Å². The lowest BCUT2D eigenvalue weighted by Gasteiger charge is -2.38. The Kier molecular flexibility index (Phi) is 4.79. The van der Waals surface area contributed by atoms with Crippen molar-refractivity contribution in [2.24, 2.45) is 11.7 Å². The van der Waals surface area contributed by atoms with E-state index in [1.54, 1.807) is 7.11 Å². The van der Waals surface area contributed by atoms with Crippen LogP contribution in [0.5, 0.6) is 0 Å². The van der Waals surface area contributed by atoms with Gasteiger partial charge in [-0.05, 0) is 31.7 Å². The van der Waals surface area contributed by atoms with Gasteiger partial charge in [0.15, 0.2) is 0 Å². The summed E-state index contributed by atoms with van der Waals surface area (Å²) in [7, 11) is 1.67. The van der Waals surface area contributed by atoms with Crippen molar-refractivity contribution in [1.29, 1.82) is 0 Å². The molecule has 4 unspecified atom stereocenters. The molecule has 1 aliphatic carbocycles. The minimum atomic E-state index is -0.0781. The van der Waals surface area contributed by atoms with Gasteiger partial charge in [-0.15, -0.1) is 0 Å². The van der Waals surface area contributed by atoms with E-state index in [0.29, 0.717) is 12.6 Å². The largest absolute Gasteiger partial charge is 0.395 e. The molecule has 2 fully saturated rings. The SMILES string of the molecule is COCC(N)C(CO)N1CCC2CCCCC21. The van der Waals surface area contributed by atoms with Crippen LogP contribution in [0, 0.1) is 5.92 Å². The molecule has 2 aliphatic rings. The number of aliphatic hydroxyl groups excluding tert-OH is 1. The predicted molar refractivity (Wildman–Crippen MR) is 67.8 cm³/mol. The highest BCUT2D eigenvalue weighted by atomic mass is 16.5. The van der Waals surface area contributed by atoms with Crippen LogP contribution in [0.2, 0.25) is 0 Å². The molecule has 1 saturated heterocycles. The standard InChI is InChI=1S/C13H26N2O2/c1-17-9-11(14)13(8-16)15-7-6-10-4-2-3-5-12(10)15/h10-13,16H,2-9,14H2,1H3. The number of hydrogen-bond donors (Lipinski definition) is 2. The van der Waals surface area contributed by atoms with E-state index in [1.807, 2.05) is 0 Å². The molecule has 0 radical (unpaired) electrons. The number of ether oxygens (including phenoxy) is 1. The van der Waals surface area contributed by atoms with E-state index in [-0.39, 0.29) is 18.7 Å². The van der Waals surface area contributed by atoms with Crippen molar-refractivity contribution in [2.75, 3.05) is 26.9 Å². The van der Waals surface area contributed by atoms with Gasteiger partial charge >= 0.3 is 0 Å². The molecule has 4 atom stereocenters. The molecule has 4 heteroatoms. The highest BCUT2D eigenvalue weighted by molar-refractivity contribution is 4.95. The highest BCUT2D eigenvalue weighted by Crippen LogP contribution is 2.37. The van der Waals surface area contributed by atoms with Crippen molar-refractivity contribution < 1.29 is 9.84 Å². The Morgan fingerprint density at radius 2 is 2.12 bits per heavy atom. The Hall–Kier alpha value is -0.160. The number of likely N-dealkylation sites (tertiary alicyclic amines) is 1. The second kappa shape index (κ2) is 6.14. The zero-order chi connectivity index (χ0) is 12.3. The van der Waals surface area contributed by atoms with Gasteiger partial charge < -0.3 is 15.6 Å². The number of fused-ring (bicyclic) bond motifs is 1. The van der Waals surface area contributed by atoms with E-state index in [4.69, 9.17) is 10.5 Å². The van der Waals surface area contributed by atoms with E-state index >= 15 is 0 Å². The molecule has 1 saturated carbocycles. The van der Waals surface area contributed by atoms with Gasteiger partial charge in [0.1, 0.15) is 0 Å². The zero-order valence-electron chi connectivity index (χ0n) is 10.8. The van der Waals surface area contributed by atoms with Crippen LogP contribution >= 0.6 is 0 Å². The second-order valence-corrected chi connectivity index (χ2v) is 5.51. The molecular formula is C13H26N2O2. The topological polar surface area (TPSA) is 58.7 Å². The van der Waals surface area contributed by atoms with Crippen LogP contribution in [0.1, 0.15) is 32.1 Å². The van der Waals surface area contributed by atoms with Gasteiger partial charge in [0, 0.05) is 19.2 Å². The maximum atomic E-state index is 9.60. The van der Waals surface area contributed by atoms with E-state index in [9.17, 15) is 5.11 Å². The lowest BCUT2D eigenvalue weighted by atomic mass is 9.85. The number of methoxy groups -OCH3 is 1. The Balaban J connectivity index is 1.99. The summed E-state index contributed by atoms with van der Waals surface area (Å²) in [5.41, 5.74) is 6.11.